The largest absolute Gasteiger partial charge is 0.354 e. The molecule has 3 aliphatic rings. The Bertz CT molecular complexity index is 676. The number of hydrogen-bond donors (Lipinski definition) is 2. The summed E-state index contributed by atoms with van der Waals surface area (Å²) in [6.07, 6.45) is 9.18. The molecule has 3 fully saturated rings. The molecular formula is C25H41N5. The fraction of sp³-hybridized carbons (Fsp3) is 0.720. The van der Waals surface area contributed by atoms with Crippen molar-refractivity contribution < 1.29 is 0 Å². The van der Waals surface area contributed by atoms with Gasteiger partial charge in [0.15, 0.2) is 5.96 Å². The van der Waals surface area contributed by atoms with E-state index >= 15 is 0 Å². The second kappa shape index (κ2) is 10.1. The first-order valence-corrected chi connectivity index (χ1v) is 12.2. The Morgan fingerprint density at radius 3 is 2.53 bits per heavy atom. The Kier molecular flexibility index (Phi) is 7.32. The minimum absolute atomic E-state index is 0.167. The molecule has 166 valence electrons. The van der Waals surface area contributed by atoms with E-state index < -0.39 is 0 Å². The summed E-state index contributed by atoms with van der Waals surface area (Å²) in [7, 11) is 1.94. The van der Waals surface area contributed by atoms with Gasteiger partial charge in [-0.2, -0.15) is 0 Å². The van der Waals surface area contributed by atoms with E-state index in [-0.39, 0.29) is 5.54 Å². The summed E-state index contributed by atoms with van der Waals surface area (Å²) >= 11 is 0. The van der Waals surface area contributed by atoms with Gasteiger partial charge < -0.3 is 20.4 Å². The fourth-order valence-electron chi connectivity index (χ4n) is 5.79. The van der Waals surface area contributed by atoms with Gasteiger partial charge in [0.2, 0.25) is 0 Å². The molecular weight excluding hydrogens is 370 g/mol. The highest BCUT2D eigenvalue weighted by Crippen LogP contribution is 2.32. The maximum atomic E-state index is 4.66. The molecule has 0 amide bonds. The summed E-state index contributed by atoms with van der Waals surface area (Å²) in [5, 5.41) is 7.76. The van der Waals surface area contributed by atoms with Crippen molar-refractivity contribution in [3.63, 3.8) is 0 Å². The molecule has 1 aromatic carbocycles. The van der Waals surface area contributed by atoms with E-state index in [1.54, 1.807) is 0 Å². The lowest BCUT2D eigenvalue weighted by Gasteiger charge is -2.35. The summed E-state index contributed by atoms with van der Waals surface area (Å²) in [6, 6.07) is 11.2. The molecule has 2 saturated heterocycles. The van der Waals surface area contributed by atoms with Crippen LogP contribution in [0.3, 0.4) is 0 Å². The van der Waals surface area contributed by atoms with Crippen molar-refractivity contribution in [2.24, 2.45) is 10.9 Å². The van der Waals surface area contributed by atoms with Gasteiger partial charge in [0.05, 0.1) is 0 Å². The first-order valence-electron chi connectivity index (χ1n) is 12.2. The normalized spacial score (nSPS) is 25.7. The third-order valence-corrected chi connectivity index (χ3v) is 7.48. The lowest BCUT2D eigenvalue weighted by atomic mass is 9.94. The molecule has 0 spiro atoms. The maximum absolute atomic E-state index is 4.66. The number of guanidine groups is 1. The molecule has 0 radical (unpaired) electrons. The van der Waals surface area contributed by atoms with Gasteiger partial charge in [-0.1, -0.05) is 43.2 Å². The maximum Gasteiger partial charge on any atom is 0.193 e. The Hall–Kier alpha value is -1.59. The Balaban J connectivity index is 1.31. The number of hydrogen-bond acceptors (Lipinski definition) is 3. The number of aliphatic imine (C=N–C) groups is 1. The average Bonchev–Trinajstić information content (AvgIpc) is 3.53. The van der Waals surface area contributed by atoms with Crippen LogP contribution in [0.5, 0.6) is 0 Å². The van der Waals surface area contributed by atoms with Crippen LogP contribution in [0.25, 0.3) is 0 Å². The smallest absolute Gasteiger partial charge is 0.193 e. The van der Waals surface area contributed by atoms with Crippen molar-refractivity contribution >= 4 is 5.96 Å². The van der Waals surface area contributed by atoms with Crippen molar-refractivity contribution in [2.75, 3.05) is 46.3 Å². The molecule has 1 saturated carbocycles. The number of benzene rings is 1. The number of nitrogens with zero attached hydrogens (tertiary/aromatic N) is 3. The van der Waals surface area contributed by atoms with Gasteiger partial charge in [-0.15, -0.1) is 0 Å². The molecule has 2 heterocycles. The molecule has 2 atom stereocenters. The second-order valence-electron chi connectivity index (χ2n) is 9.77. The van der Waals surface area contributed by atoms with Crippen LogP contribution >= 0.6 is 0 Å². The molecule has 2 unspecified atom stereocenters. The van der Waals surface area contributed by atoms with Crippen molar-refractivity contribution in [3.8, 4) is 0 Å². The monoisotopic (exact) mass is 411 g/mol. The van der Waals surface area contributed by atoms with Gasteiger partial charge in [0, 0.05) is 44.8 Å². The first kappa shape index (κ1) is 21.6. The van der Waals surface area contributed by atoms with E-state index in [0.717, 1.165) is 31.5 Å². The topological polar surface area (TPSA) is 42.9 Å². The van der Waals surface area contributed by atoms with Crippen LogP contribution < -0.4 is 10.6 Å². The SMILES string of the molecule is CN=C(NCC1(NC(C)c2ccccc2)CCCC1)N1CCC(CN2CCCC2)C1. The Morgan fingerprint density at radius 2 is 1.83 bits per heavy atom. The van der Waals surface area contributed by atoms with Gasteiger partial charge in [0.1, 0.15) is 0 Å². The van der Waals surface area contributed by atoms with Crippen LogP contribution in [0.1, 0.15) is 63.5 Å². The molecule has 0 aromatic heterocycles. The highest BCUT2D eigenvalue weighted by atomic mass is 15.3. The summed E-state index contributed by atoms with van der Waals surface area (Å²) in [5.74, 6) is 1.89. The molecule has 5 heteroatoms. The van der Waals surface area contributed by atoms with E-state index in [1.165, 1.54) is 70.1 Å². The molecule has 30 heavy (non-hydrogen) atoms. The molecule has 2 aliphatic heterocycles. The fourth-order valence-corrected chi connectivity index (χ4v) is 5.79. The van der Waals surface area contributed by atoms with E-state index in [0.29, 0.717) is 6.04 Å². The molecule has 5 nitrogen and oxygen atoms in total. The van der Waals surface area contributed by atoms with E-state index in [9.17, 15) is 0 Å². The van der Waals surface area contributed by atoms with Gasteiger partial charge in [-0.05, 0) is 63.6 Å². The quantitative estimate of drug-likeness (QED) is 0.531. The molecule has 4 rings (SSSR count). The molecule has 0 bridgehead atoms. The number of likely N-dealkylation sites (tertiary alicyclic amines) is 2. The highest BCUT2D eigenvalue weighted by Gasteiger charge is 2.36. The third kappa shape index (κ3) is 5.36. The lowest BCUT2D eigenvalue weighted by molar-refractivity contribution is 0.278. The zero-order valence-electron chi connectivity index (χ0n) is 19.1. The Labute approximate surface area is 183 Å². The first-order chi connectivity index (χ1) is 14.7. The van der Waals surface area contributed by atoms with Crippen LogP contribution in [-0.4, -0.2) is 67.6 Å². The highest BCUT2D eigenvalue weighted by molar-refractivity contribution is 5.80. The molecule has 1 aliphatic carbocycles. The van der Waals surface area contributed by atoms with Crippen LogP contribution in [0.15, 0.2) is 35.3 Å². The number of rotatable bonds is 7. The summed E-state index contributed by atoms with van der Waals surface area (Å²) in [4.78, 5) is 9.81. The van der Waals surface area contributed by atoms with Gasteiger partial charge >= 0.3 is 0 Å². The van der Waals surface area contributed by atoms with E-state index in [1.807, 2.05) is 7.05 Å². The van der Waals surface area contributed by atoms with Crippen molar-refractivity contribution in [3.05, 3.63) is 35.9 Å². The summed E-state index contributed by atoms with van der Waals surface area (Å²) in [5.41, 5.74) is 1.54. The standard InChI is InChI=1S/C25H41N5/c1-21(23-10-4-3-5-11-23)28-25(13-6-7-14-25)20-27-24(26-2)30-17-12-22(19-30)18-29-15-8-9-16-29/h3-5,10-11,21-22,28H,6-9,12-20H2,1-2H3,(H,26,27). The summed E-state index contributed by atoms with van der Waals surface area (Å²) < 4.78 is 0. The lowest BCUT2D eigenvalue weighted by Crippen LogP contribution is -2.54. The molecule has 2 N–H and O–H groups in total. The average molecular weight is 412 g/mol. The van der Waals surface area contributed by atoms with Gasteiger partial charge in [-0.3, -0.25) is 4.99 Å². The van der Waals surface area contributed by atoms with Gasteiger partial charge in [0.25, 0.3) is 0 Å². The molecule has 1 aromatic rings. The zero-order chi connectivity index (χ0) is 20.8. The van der Waals surface area contributed by atoms with E-state index in [4.69, 9.17) is 0 Å². The van der Waals surface area contributed by atoms with Crippen LogP contribution in [0, 0.1) is 5.92 Å². The van der Waals surface area contributed by atoms with E-state index in [2.05, 4.69) is 62.7 Å². The minimum Gasteiger partial charge on any atom is -0.354 e. The summed E-state index contributed by atoms with van der Waals surface area (Å²) in [6.45, 7) is 9.43. The van der Waals surface area contributed by atoms with Crippen molar-refractivity contribution in [1.29, 1.82) is 0 Å². The number of nitrogens with one attached hydrogen (secondary N) is 2. The Morgan fingerprint density at radius 1 is 1.10 bits per heavy atom. The zero-order valence-corrected chi connectivity index (χ0v) is 19.1. The third-order valence-electron chi connectivity index (χ3n) is 7.48. The van der Waals surface area contributed by atoms with Gasteiger partial charge in [-0.25, -0.2) is 0 Å². The van der Waals surface area contributed by atoms with Crippen LogP contribution in [0.2, 0.25) is 0 Å². The van der Waals surface area contributed by atoms with Crippen molar-refractivity contribution in [1.82, 2.24) is 20.4 Å². The van der Waals surface area contributed by atoms with Crippen LogP contribution in [-0.2, 0) is 0 Å². The predicted molar refractivity (Wildman–Crippen MR) is 126 cm³/mol. The minimum atomic E-state index is 0.167. The van der Waals surface area contributed by atoms with Crippen molar-refractivity contribution in [2.45, 2.75) is 63.5 Å². The second-order valence-corrected chi connectivity index (χ2v) is 9.77. The predicted octanol–water partition coefficient (Wildman–Crippen LogP) is 3.64. The van der Waals surface area contributed by atoms with Crippen LogP contribution in [0.4, 0.5) is 0 Å².